The molecule has 1 aromatic carbocycles. The molecule has 0 bridgehead atoms. The monoisotopic (exact) mass is 260 g/mol. The molecule has 0 spiro atoms. The maximum absolute atomic E-state index is 5.85. The lowest BCUT2D eigenvalue weighted by atomic mass is 10.2. The van der Waals surface area contributed by atoms with Crippen LogP contribution in [0.15, 0.2) is 24.5 Å². The molecule has 0 saturated carbocycles. The van der Waals surface area contributed by atoms with Gasteiger partial charge >= 0.3 is 0 Å². The molecule has 5 nitrogen and oxygen atoms in total. The Morgan fingerprint density at radius 1 is 1.37 bits per heavy atom. The minimum atomic E-state index is 0.400. The Bertz CT molecular complexity index is 548. The van der Waals surface area contributed by atoms with Gasteiger partial charge in [0.05, 0.1) is 0 Å². The number of aromatic nitrogens is 3. The minimum absolute atomic E-state index is 0.400. The van der Waals surface area contributed by atoms with Crippen molar-refractivity contribution in [2.24, 2.45) is 5.92 Å². The number of nitrogen functional groups attached to an aromatic ring is 1. The Hall–Kier alpha value is -2.04. The first-order valence-corrected chi connectivity index (χ1v) is 6.42. The van der Waals surface area contributed by atoms with Crippen molar-refractivity contribution >= 4 is 5.69 Å². The number of nitrogens with zero attached hydrogens (tertiary/aromatic N) is 3. The Kier molecular flexibility index (Phi) is 4.04. The zero-order chi connectivity index (χ0) is 13.8. The minimum Gasteiger partial charge on any atom is -0.485 e. The van der Waals surface area contributed by atoms with Gasteiger partial charge < -0.3 is 10.5 Å². The van der Waals surface area contributed by atoms with Gasteiger partial charge in [-0.3, -0.25) is 0 Å². The average Bonchev–Trinajstić information content (AvgIpc) is 2.78. The van der Waals surface area contributed by atoms with Gasteiger partial charge in [0.25, 0.3) is 0 Å². The summed E-state index contributed by atoms with van der Waals surface area (Å²) in [4.78, 5) is 4.23. The summed E-state index contributed by atoms with van der Waals surface area (Å²) in [6.45, 7) is 7.48. The highest BCUT2D eigenvalue weighted by atomic mass is 16.5. The second kappa shape index (κ2) is 5.73. The Labute approximate surface area is 113 Å². The third kappa shape index (κ3) is 3.24. The lowest BCUT2D eigenvalue weighted by molar-refractivity contribution is 0.281. The fraction of sp³-hybridized carbons (Fsp3) is 0.429. The van der Waals surface area contributed by atoms with E-state index in [1.807, 2.05) is 29.8 Å². The topological polar surface area (TPSA) is 66.0 Å². The smallest absolute Gasteiger partial charge is 0.164 e. The fourth-order valence-electron chi connectivity index (χ4n) is 1.83. The van der Waals surface area contributed by atoms with Gasteiger partial charge in [0.1, 0.15) is 18.7 Å². The molecule has 102 valence electrons. The van der Waals surface area contributed by atoms with Crippen molar-refractivity contribution in [1.29, 1.82) is 0 Å². The normalized spacial score (nSPS) is 10.9. The first-order chi connectivity index (χ1) is 9.08. The van der Waals surface area contributed by atoms with E-state index in [1.165, 1.54) is 0 Å². The van der Waals surface area contributed by atoms with Gasteiger partial charge in [-0.15, -0.1) is 0 Å². The predicted octanol–water partition coefficient (Wildman–Crippen LogP) is 2.40. The molecule has 0 saturated heterocycles. The van der Waals surface area contributed by atoms with Crippen LogP contribution in [0.5, 0.6) is 5.75 Å². The van der Waals surface area contributed by atoms with E-state index in [0.717, 1.165) is 29.4 Å². The third-order valence-electron chi connectivity index (χ3n) is 2.92. The first-order valence-electron chi connectivity index (χ1n) is 6.42. The molecule has 1 heterocycles. The molecular weight excluding hydrogens is 240 g/mol. The molecule has 0 aliphatic carbocycles. The summed E-state index contributed by atoms with van der Waals surface area (Å²) in [5.41, 5.74) is 7.55. The molecule has 1 aromatic heterocycles. The highest BCUT2D eigenvalue weighted by Gasteiger charge is 2.08. The van der Waals surface area contributed by atoms with Crippen molar-refractivity contribution in [3.05, 3.63) is 35.9 Å². The molecule has 5 heteroatoms. The van der Waals surface area contributed by atoms with Crippen LogP contribution in [0.1, 0.15) is 25.2 Å². The first kappa shape index (κ1) is 13.4. The molecule has 0 amide bonds. The summed E-state index contributed by atoms with van der Waals surface area (Å²) in [5.74, 6) is 2.14. The van der Waals surface area contributed by atoms with Crippen molar-refractivity contribution in [1.82, 2.24) is 14.8 Å². The number of rotatable bonds is 5. The number of nitrogens with two attached hydrogens (primary N) is 1. The van der Waals surface area contributed by atoms with E-state index in [4.69, 9.17) is 10.5 Å². The summed E-state index contributed by atoms with van der Waals surface area (Å²) in [6, 6.07) is 5.66. The van der Waals surface area contributed by atoms with Gasteiger partial charge in [-0.1, -0.05) is 19.9 Å². The maximum Gasteiger partial charge on any atom is 0.164 e. The molecule has 0 unspecified atom stereocenters. The zero-order valence-electron chi connectivity index (χ0n) is 11.6. The van der Waals surface area contributed by atoms with Crippen molar-refractivity contribution < 1.29 is 4.74 Å². The second-order valence-electron chi connectivity index (χ2n) is 5.01. The van der Waals surface area contributed by atoms with Crippen molar-refractivity contribution in [2.45, 2.75) is 33.9 Å². The molecule has 0 aliphatic rings. The van der Waals surface area contributed by atoms with Gasteiger partial charge in [0.2, 0.25) is 0 Å². The van der Waals surface area contributed by atoms with Crippen LogP contribution in [-0.2, 0) is 13.2 Å². The van der Waals surface area contributed by atoms with Gasteiger partial charge in [0.15, 0.2) is 5.82 Å². The molecule has 0 fully saturated rings. The van der Waals surface area contributed by atoms with Crippen LogP contribution in [0.25, 0.3) is 0 Å². The predicted molar refractivity (Wildman–Crippen MR) is 74.8 cm³/mol. The maximum atomic E-state index is 5.85. The van der Waals surface area contributed by atoms with E-state index in [9.17, 15) is 0 Å². The van der Waals surface area contributed by atoms with Crippen molar-refractivity contribution in [3.63, 3.8) is 0 Å². The highest BCUT2D eigenvalue weighted by molar-refractivity contribution is 5.53. The van der Waals surface area contributed by atoms with Crippen LogP contribution in [0, 0.1) is 12.8 Å². The highest BCUT2D eigenvalue weighted by Crippen LogP contribution is 2.23. The number of ether oxygens (including phenoxy) is 1. The van der Waals surface area contributed by atoms with Crippen LogP contribution in [0.3, 0.4) is 0 Å². The Morgan fingerprint density at radius 3 is 2.89 bits per heavy atom. The zero-order valence-corrected chi connectivity index (χ0v) is 11.6. The average molecular weight is 260 g/mol. The largest absolute Gasteiger partial charge is 0.485 e. The Balaban J connectivity index is 2.06. The number of benzene rings is 1. The molecule has 0 atom stereocenters. The quantitative estimate of drug-likeness (QED) is 0.838. The van der Waals surface area contributed by atoms with Crippen LogP contribution in [-0.4, -0.2) is 14.8 Å². The van der Waals surface area contributed by atoms with E-state index < -0.39 is 0 Å². The standard InChI is InChI=1S/C14H20N4O/c1-10(2)7-18-14(16-9-17-18)8-19-13-6-4-5-12(15)11(13)3/h4-6,9-10H,7-8,15H2,1-3H3. The van der Waals surface area contributed by atoms with Crippen molar-refractivity contribution in [3.8, 4) is 5.75 Å². The van der Waals surface area contributed by atoms with Crippen LogP contribution in [0.4, 0.5) is 5.69 Å². The van der Waals surface area contributed by atoms with E-state index in [1.54, 1.807) is 6.33 Å². The summed E-state index contributed by atoms with van der Waals surface area (Å²) < 4.78 is 7.66. The van der Waals surface area contributed by atoms with Crippen LogP contribution >= 0.6 is 0 Å². The molecule has 2 aromatic rings. The van der Waals surface area contributed by atoms with E-state index in [-0.39, 0.29) is 0 Å². The molecule has 2 rings (SSSR count). The van der Waals surface area contributed by atoms with Crippen LogP contribution in [0.2, 0.25) is 0 Å². The third-order valence-corrected chi connectivity index (χ3v) is 2.92. The van der Waals surface area contributed by atoms with E-state index in [0.29, 0.717) is 12.5 Å². The lowest BCUT2D eigenvalue weighted by Gasteiger charge is -2.12. The molecule has 0 aliphatic heterocycles. The van der Waals surface area contributed by atoms with Gasteiger partial charge in [-0.25, -0.2) is 9.67 Å². The van der Waals surface area contributed by atoms with E-state index in [2.05, 4.69) is 23.9 Å². The molecular formula is C14H20N4O. The summed E-state index contributed by atoms with van der Waals surface area (Å²) in [6.07, 6.45) is 1.56. The molecule has 0 radical (unpaired) electrons. The summed E-state index contributed by atoms with van der Waals surface area (Å²) >= 11 is 0. The lowest BCUT2D eigenvalue weighted by Crippen LogP contribution is -2.12. The van der Waals surface area contributed by atoms with E-state index >= 15 is 0 Å². The van der Waals surface area contributed by atoms with Crippen molar-refractivity contribution in [2.75, 3.05) is 5.73 Å². The summed E-state index contributed by atoms with van der Waals surface area (Å²) in [5, 5.41) is 4.21. The number of anilines is 1. The van der Waals surface area contributed by atoms with Gasteiger partial charge in [0, 0.05) is 17.8 Å². The Morgan fingerprint density at radius 2 is 2.16 bits per heavy atom. The summed E-state index contributed by atoms with van der Waals surface area (Å²) in [7, 11) is 0. The van der Waals surface area contributed by atoms with Crippen LogP contribution < -0.4 is 10.5 Å². The SMILES string of the molecule is Cc1c(N)cccc1OCc1ncnn1CC(C)C. The second-order valence-corrected chi connectivity index (χ2v) is 5.01. The fourth-order valence-corrected chi connectivity index (χ4v) is 1.83. The number of hydrogen-bond acceptors (Lipinski definition) is 4. The molecule has 2 N–H and O–H groups in total. The van der Waals surface area contributed by atoms with Gasteiger partial charge in [-0.2, -0.15) is 5.10 Å². The molecule has 19 heavy (non-hydrogen) atoms. The van der Waals surface area contributed by atoms with Gasteiger partial charge in [-0.05, 0) is 25.0 Å². The number of hydrogen-bond donors (Lipinski definition) is 1.